The number of ether oxygens (including phenoxy) is 2. The first-order valence-electron chi connectivity index (χ1n) is 6.42. The van der Waals surface area contributed by atoms with Gasteiger partial charge in [-0.05, 0) is 19.9 Å². The summed E-state index contributed by atoms with van der Waals surface area (Å²) < 4.78 is 9.41. The minimum atomic E-state index is -0.945. The lowest BCUT2D eigenvalue weighted by Crippen LogP contribution is -2.29. The van der Waals surface area contributed by atoms with E-state index < -0.39 is 22.6 Å². The third-order valence-corrected chi connectivity index (χ3v) is 2.29. The predicted octanol–water partition coefficient (Wildman–Crippen LogP) is 1.49. The van der Waals surface area contributed by atoms with Gasteiger partial charge in [-0.25, -0.2) is 9.59 Å². The summed E-state index contributed by atoms with van der Waals surface area (Å²) in [6.07, 6.45) is 0. The number of hydrogen-bond donors (Lipinski definition) is 1. The van der Waals surface area contributed by atoms with Crippen LogP contribution in [-0.4, -0.2) is 35.8 Å². The molecular formula is C13H15N3O6. The van der Waals surface area contributed by atoms with E-state index in [-0.39, 0.29) is 24.6 Å². The van der Waals surface area contributed by atoms with E-state index in [0.717, 1.165) is 0 Å². The summed E-state index contributed by atoms with van der Waals surface area (Å²) in [5, 5.41) is 14.3. The summed E-state index contributed by atoms with van der Waals surface area (Å²) in [5.41, 5.74) is 1.90. The SMILES string of the molecule is CCOC(=O)C(=NNc1cccc([N+](=O)[O-])c1)C(=O)OCC. The summed E-state index contributed by atoms with van der Waals surface area (Å²) in [6, 6.07) is 5.43. The van der Waals surface area contributed by atoms with Crippen LogP contribution in [0.4, 0.5) is 11.4 Å². The van der Waals surface area contributed by atoms with Crippen LogP contribution in [0.1, 0.15) is 13.8 Å². The summed E-state index contributed by atoms with van der Waals surface area (Å²) in [6.45, 7) is 3.28. The molecule has 0 radical (unpaired) electrons. The molecule has 0 aliphatic rings. The van der Waals surface area contributed by atoms with Crippen molar-refractivity contribution in [3.05, 3.63) is 34.4 Å². The van der Waals surface area contributed by atoms with Crippen LogP contribution in [0.15, 0.2) is 29.4 Å². The Labute approximate surface area is 126 Å². The van der Waals surface area contributed by atoms with Crippen molar-refractivity contribution >= 4 is 29.0 Å². The van der Waals surface area contributed by atoms with Gasteiger partial charge < -0.3 is 9.47 Å². The van der Waals surface area contributed by atoms with Gasteiger partial charge in [0.1, 0.15) is 0 Å². The zero-order valence-electron chi connectivity index (χ0n) is 12.1. The number of hydrogen-bond acceptors (Lipinski definition) is 8. The third kappa shape index (κ3) is 4.85. The number of carbonyl (C=O) groups excluding carboxylic acids is 2. The molecule has 0 aliphatic heterocycles. The molecule has 0 heterocycles. The second kappa shape index (κ2) is 8.35. The van der Waals surface area contributed by atoms with Gasteiger partial charge >= 0.3 is 11.9 Å². The molecule has 0 amide bonds. The Morgan fingerprint density at radius 3 is 2.32 bits per heavy atom. The van der Waals surface area contributed by atoms with Gasteiger partial charge in [0.25, 0.3) is 11.4 Å². The molecule has 0 unspecified atom stereocenters. The molecule has 118 valence electrons. The second-order valence-corrected chi connectivity index (χ2v) is 3.82. The van der Waals surface area contributed by atoms with Gasteiger partial charge in [0.05, 0.1) is 23.8 Å². The lowest BCUT2D eigenvalue weighted by molar-refractivity contribution is -0.384. The molecule has 1 aromatic carbocycles. The van der Waals surface area contributed by atoms with Crippen LogP contribution in [0, 0.1) is 10.1 Å². The first kappa shape index (κ1) is 17.1. The first-order valence-corrected chi connectivity index (χ1v) is 6.42. The van der Waals surface area contributed by atoms with E-state index in [1.807, 2.05) is 0 Å². The van der Waals surface area contributed by atoms with Gasteiger partial charge in [0.2, 0.25) is 0 Å². The zero-order chi connectivity index (χ0) is 16.5. The van der Waals surface area contributed by atoms with Crippen molar-refractivity contribution in [1.82, 2.24) is 0 Å². The summed E-state index contributed by atoms with van der Waals surface area (Å²) in [5.74, 6) is -1.89. The van der Waals surface area contributed by atoms with Crippen molar-refractivity contribution in [1.29, 1.82) is 0 Å². The molecule has 1 aromatic rings. The van der Waals surface area contributed by atoms with E-state index in [2.05, 4.69) is 10.5 Å². The van der Waals surface area contributed by atoms with E-state index in [1.165, 1.54) is 24.3 Å². The van der Waals surface area contributed by atoms with Crippen LogP contribution >= 0.6 is 0 Å². The van der Waals surface area contributed by atoms with Crippen LogP contribution < -0.4 is 5.43 Å². The minimum absolute atomic E-state index is 0.0636. The van der Waals surface area contributed by atoms with Crippen molar-refractivity contribution in [2.75, 3.05) is 18.6 Å². The van der Waals surface area contributed by atoms with Gasteiger partial charge in [0.15, 0.2) is 0 Å². The van der Waals surface area contributed by atoms with Crippen molar-refractivity contribution in [3.63, 3.8) is 0 Å². The molecule has 0 aromatic heterocycles. The van der Waals surface area contributed by atoms with Crippen LogP contribution in [0.25, 0.3) is 0 Å². The highest BCUT2D eigenvalue weighted by Gasteiger charge is 2.23. The maximum atomic E-state index is 11.7. The highest BCUT2D eigenvalue weighted by molar-refractivity contribution is 6.62. The molecule has 0 bridgehead atoms. The van der Waals surface area contributed by atoms with Gasteiger partial charge in [0, 0.05) is 12.1 Å². The Kier molecular flexibility index (Phi) is 6.48. The number of hydrazone groups is 1. The summed E-state index contributed by atoms with van der Waals surface area (Å²) in [7, 11) is 0. The summed E-state index contributed by atoms with van der Waals surface area (Å²) in [4.78, 5) is 33.4. The lowest BCUT2D eigenvalue weighted by atomic mass is 10.3. The fourth-order valence-electron chi connectivity index (χ4n) is 1.38. The van der Waals surface area contributed by atoms with Gasteiger partial charge in [-0.1, -0.05) is 6.07 Å². The fourth-order valence-corrected chi connectivity index (χ4v) is 1.38. The molecule has 0 atom stereocenters. The number of carbonyl (C=O) groups is 2. The Morgan fingerprint density at radius 1 is 1.23 bits per heavy atom. The van der Waals surface area contributed by atoms with Crippen molar-refractivity contribution in [3.8, 4) is 0 Å². The Morgan fingerprint density at radius 2 is 1.82 bits per heavy atom. The topological polar surface area (TPSA) is 120 Å². The number of nitro benzene ring substituents is 1. The van der Waals surface area contributed by atoms with Gasteiger partial charge in [-0.3, -0.25) is 15.5 Å². The number of nitro groups is 1. The second-order valence-electron chi connectivity index (χ2n) is 3.82. The molecule has 0 fully saturated rings. The minimum Gasteiger partial charge on any atom is -0.461 e. The third-order valence-electron chi connectivity index (χ3n) is 2.29. The lowest BCUT2D eigenvalue weighted by Gasteiger charge is -2.06. The molecular weight excluding hydrogens is 294 g/mol. The maximum Gasteiger partial charge on any atom is 0.366 e. The Balaban J connectivity index is 2.97. The van der Waals surface area contributed by atoms with Crippen LogP contribution in [0.2, 0.25) is 0 Å². The molecule has 1 N–H and O–H groups in total. The number of anilines is 1. The van der Waals surface area contributed by atoms with E-state index in [1.54, 1.807) is 13.8 Å². The van der Waals surface area contributed by atoms with Crippen LogP contribution in [0.3, 0.4) is 0 Å². The number of rotatable bonds is 7. The molecule has 0 spiro atoms. The number of nitrogens with zero attached hydrogens (tertiary/aromatic N) is 2. The molecule has 22 heavy (non-hydrogen) atoms. The standard InChI is InChI=1S/C13H15N3O6/c1-3-21-12(17)11(13(18)22-4-2)15-14-9-6-5-7-10(8-9)16(19)20/h5-8,14H,3-4H2,1-2H3. The fraction of sp³-hybridized carbons (Fsp3) is 0.308. The molecule has 0 saturated carbocycles. The van der Waals surface area contributed by atoms with Gasteiger partial charge in [-0.2, -0.15) is 5.10 Å². The van der Waals surface area contributed by atoms with E-state index in [0.29, 0.717) is 0 Å². The van der Waals surface area contributed by atoms with Crippen LogP contribution in [0.5, 0.6) is 0 Å². The highest BCUT2D eigenvalue weighted by Crippen LogP contribution is 2.16. The van der Waals surface area contributed by atoms with E-state index in [4.69, 9.17) is 9.47 Å². The first-order chi connectivity index (χ1) is 10.5. The summed E-state index contributed by atoms with van der Waals surface area (Å²) >= 11 is 0. The largest absolute Gasteiger partial charge is 0.461 e. The molecule has 0 saturated heterocycles. The average Bonchev–Trinajstić information content (AvgIpc) is 2.48. The smallest absolute Gasteiger partial charge is 0.366 e. The molecule has 9 heteroatoms. The van der Waals surface area contributed by atoms with Crippen LogP contribution in [-0.2, 0) is 19.1 Å². The molecule has 9 nitrogen and oxygen atoms in total. The average molecular weight is 309 g/mol. The van der Waals surface area contributed by atoms with Crippen molar-refractivity contribution < 1.29 is 24.0 Å². The molecule has 1 rings (SSSR count). The van der Waals surface area contributed by atoms with E-state index >= 15 is 0 Å². The monoisotopic (exact) mass is 309 g/mol. The highest BCUT2D eigenvalue weighted by atomic mass is 16.6. The van der Waals surface area contributed by atoms with E-state index in [9.17, 15) is 19.7 Å². The zero-order valence-corrected chi connectivity index (χ0v) is 12.1. The number of nitrogens with one attached hydrogen (secondary N) is 1. The Hall–Kier alpha value is -2.97. The Bertz CT molecular complexity index is 579. The van der Waals surface area contributed by atoms with Gasteiger partial charge in [-0.15, -0.1) is 0 Å². The maximum absolute atomic E-state index is 11.7. The quantitative estimate of drug-likeness (QED) is 0.266. The van der Waals surface area contributed by atoms with Crippen molar-refractivity contribution in [2.24, 2.45) is 5.10 Å². The normalized spacial score (nSPS) is 9.55. The van der Waals surface area contributed by atoms with Crippen molar-refractivity contribution in [2.45, 2.75) is 13.8 Å². The number of non-ortho nitro benzene ring substituents is 1. The predicted molar refractivity (Wildman–Crippen MR) is 77.4 cm³/mol. The number of benzene rings is 1. The number of esters is 2. The molecule has 0 aliphatic carbocycles.